The minimum atomic E-state index is -1.17. The molecule has 1 heterocycles. The molecular weight excluding hydrogens is 452 g/mol. The van der Waals surface area contributed by atoms with Crippen molar-refractivity contribution in [3.63, 3.8) is 0 Å². The van der Waals surface area contributed by atoms with Gasteiger partial charge in [0.05, 0.1) is 6.61 Å². The summed E-state index contributed by atoms with van der Waals surface area (Å²) in [4.78, 5) is 0. The topological polar surface area (TPSA) is 79.2 Å². The number of rotatable bonds is 7. The van der Waals surface area contributed by atoms with Gasteiger partial charge in [0.25, 0.3) is 0 Å². The van der Waals surface area contributed by atoms with Gasteiger partial charge in [-0.1, -0.05) is 48.0 Å². The molecule has 1 saturated heterocycles. The quantitative estimate of drug-likeness (QED) is 0.535. The van der Waals surface area contributed by atoms with E-state index in [2.05, 4.69) is 24.3 Å². The number of hydrogen-bond acceptors (Lipinski definition) is 5. The molecule has 5 nitrogen and oxygen atoms in total. The van der Waals surface area contributed by atoms with E-state index in [4.69, 9.17) is 21.1 Å². The van der Waals surface area contributed by atoms with Crippen molar-refractivity contribution in [1.29, 1.82) is 0 Å². The first-order chi connectivity index (χ1) is 16.4. The van der Waals surface area contributed by atoms with E-state index >= 15 is 0 Å². The molecule has 0 radical (unpaired) electrons. The summed E-state index contributed by atoms with van der Waals surface area (Å²) in [6.07, 6.45) is 2.92. The van der Waals surface area contributed by atoms with Crippen molar-refractivity contribution in [3.05, 3.63) is 69.7 Å². The molecule has 3 fully saturated rings. The maximum Gasteiger partial charge on any atom is 0.114 e. The molecule has 0 aromatic heterocycles. The molecule has 2 aromatic rings. The summed E-state index contributed by atoms with van der Waals surface area (Å²) in [5.74, 6) is 0.694. The second-order valence-corrected chi connectivity index (χ2v) is 10.8. The van der Waals surface area contributed by atoms with Gasteiger partial charge in [0, 0.05) is 11.6 Å². The van der Waals surface area contributed by atoms with Crippen molar-refractivity contribution in [2.24, 2.45) is 5.41 Å². The lowest BCUT2D eigenvalue weighted by Gasteiger charge is -2.42. The lowest BCUT2D eigenvalue weighted by Crippen LogP contribution is -2.56. The van der Waals surface area contributed by atoms with Crippen molar-refractivity contribution in [1.82, 2.24) is 0 Å². The van der Waals surface area contributed by atoms with Crippen LogP contribution in [0, 0.1) is 5.41 Å². The van der Waals surface area contributed by atoms with Crippen LogP contribution < -0.4 is 0 Å². The minimum Gasteiger partial charge on any atom is -0.394 e. The van der Waals surface area contributed by atoms with Crippen LogP contribution in [-0.4, -0.2) is 52.9 Å². The van der Waals surface area contributed by atoms with Gasteiger partial charge in [0.2, 0.25) is 0 Å². The molecule has 0 bridgehead atoms. The molecular formula is C28H35ClO5. The van der Waals surface area contributed by atoms with Crippen LogP contribution in [0.1, 0.15) is 73.3 Å². The van der Waals surface area contributed by atoms with Crippen LogP contribution in [-0.2, 0) is 15.9 Å². The largest absolute Gasteiger partial charge is 0.394 e. The second kappa shape index (κ2) is 9.88. The van der Waals surface area contributed by atoms with Gasteiger partial charge in [-0.3, -0.25) is 0 Å². The minimum absolute atomic E-state index is 0.306. The van der Waals surface area contributed by atoms with Crippen molar-refractivity contribution in [2.45, 2.75) is 81.9 Å². The first kappa shape index (κ1) is 24.2. The maximum atomic E-state index is 10.8. The Labute approximate surface area is 206 Å². The smallest absolute Gasteiger partial charge is 0.114 e. The van der Waals surface area contributed by atoms with E-state index in [1.807, 2.05) is 6.07 Å². The average molecular weight is 487 g/mol. The van der Waals surface area contributed by atoms with Gasteiger partial charge in [-0.05, 0) is 85.1 Å². The number of benzene rings is 2. The summed E-state index contributed by atoms with van der Waals surface area (Å²) >= 11 is 6.53. The molecule has 1 spiro atoms. The lowest BCUT2D eigenvalue weighted by molar-refractivity contribution is -0.243. The van der Waals surface area contributed by atoms with E-state index in [1.54, 1.807) is 19.1 Å². The predicted molar refractivity (Wildman–Crippen MR) is 131 cm³/mol. The van der Waals surface area contributed by atoms with Crippen molar-refractivity contribution >= 4 is 11.6 Å². The van der Waals surface area contributed by atoms with Crippen molar-refractivity contribution < 1.29 is 24.8 Å². The number of hydrogen-bond donors (Lipinski definition) is 3. The number of aliphatic hydroxyl groups is 3. The van der Waals surface area contributed by atoms with Crippen LogP contribution in [0.2, 0.25) is 5.02 Å². The summed E-state index contributed by atoms with van der Waals surface area (Å²) in [6.45, 7) is 1.85. The summed E-state index contributed by atoms with van der Waals surface area (Å²) in [6, 6.07) is 14.5. The maximum absolute atomic E-state index is 10.8. The van der Waals surface area contributed by atoms with Gasteiger partial charge in [-0.2, -0.15) is 0 Å². The van der Waals surface area contributed by atoms with Crippen LogP contribution in [0.3, 0.4) is 0 Å². The van der Waals surface area contributed by atoms with Gasteiger partial charge < -0.3 is 24.8 Å². The lowest BCUT2D eigenvalue weighted by atomic mass is 9.89. The van der Waals surface area contributed by atoms with Crippen LogP contribution in [0.4, 0.5) is 0 Å². The van der Waals surface area contributed by atoms with Gasteiger partial charge >= 0.3 is 0 Å². The average Bonchev–Trinajstić information content (AvgIpc) is 3.48. The van der Waals surface area contributed by atoms with Crippen molar-refractivity contribution in [3.8, 4) is 0 Å². The normalized spacial score (nSPS) is 32.3. The summed E-state index contributed by atoms with van der Waals surface area (Å²) < 4.78 is 11.5. The highest BCUT2D eigenvalue weighted by molar-refractivity contribution is 6.31. The Balaban J connectivity index is 1.31. The van der Waals surface area contributed by atoms with Gasteiger partial charge in [0.1, 0.15) is 30.5 Å². The van der Waals surface area contributed by atoms with E-state index in [9.17, 15) is 15.3 Å². The number of aliphatic hydroxyl groups excluding tert-OH is 3. The Bertz CT molecular complexity index is 987. The molecule has 34 heavy (non-hydrogen) atoms. The molecule has 2 aliphatic carbocycles. The van der Waals surface area contributed by atoms with Gasteiger partial charge in [-0.15, -0.1) is 0 Å². The predicted octanol–water partition coefficient (Wildman–Crippen LogP) is 4.54. The second-order valence-electron chi connectivity index (χ2n) is 10.4. The van der Waals surface area contributed by atoms with Crippen LogP contribution >= 0.6 is 11.6 Å². The zero-order chi connectivity index (χ0) is 23.9. The Morgan fingerprint density at radius 1 is 1.03 bits per heavy atom. The van der Waals surface area contributed by atoms with Gasteiger partial charge in [0.15, 0.2) is 0 Å². The third-order valence-electron chi connectivity index (χ3n) is 8.13. The molecule has 2 saturated carbocycles. The fourth-order valence-corrected chi connectivity index (χ4v) is 6.10. The molecule has 5 rings (SSSR count). The zero-order valence-electron chi connectivity index (χ0n) is 19.7. The van der Waals surface area contributed by atoms with Crippen LogP contribution in [0.15, 0.2) is 42.5 Å². The van der Waals surface area contributed by atoms with Gasteiger partial charge in [-0.25, -0.2) is 0 Å². The Hall–Kier alpha value is -1.47. The Morgan fingerprint density at radius 3 is 2.41 bits per heavy atom. The standard InChI is InChI=1S/C28H35ClO5/c1-2-33-27-23(16-30)34-26(24(31)25(27)32)19-7-8-22(29)21(14-19)13-17-3-5-18(6-4-17)20-9-10-28(15-20)11-12-28/h3-8,14,20,23-27,30-32H,2,9-13,15-16H2,1H3/t20?,23-,24-,25-,26-,27-/m1/s1. The molecule has 3 aliphatic rings. The molecule has 6 atom stereocenters. The molecule has 6 heteroatoms. The molecule has 184 valence electrons. The summed E-state index contributed by atoms with van der Waals surface area (Å²) in [7, 11) is 0. The van der Waals surface area contributed by atoms with Crippen LogP contribution in [0.5, 0.6) is 0 Å². The number of ether oxygens (including phenoxy) is 2. The van der Waals surface area contributed by atoms with E-state index < -0.39 is 30.5 Å². The highest BCUT2D eigenvalue weighted by Gasteiger charge is 2.48. The molecule has 1 aliphatic heterocycles. The fourth-order valence-electron chi connectivity index (χ4n) is 5.92. The SMILES string of the molecule is CCO[C@H]1[C@H](O)[C@@H](O)[C@@H](c2ccc(Cl)c(Cc3ccc(C4CCC5(CC5)C4)cc3)c2)O[C@@H]1CO. The molecule has 3 N–H and O–H groups in total. The zero-order valence-corrected chi connectivity index (χ0v) is 20.5. The van der Waals surface area contributed by atoms with Crippen LogP contribution in [0.25, 0.3) is 0 Å². The Morgan fingerprint density at radius 2 is 1.76 bits per heavy atom. The Kier molecular flexibility index (Phi) is 7.04. The third kappa shape index (κ3) is 4.79. The summed E-state index contributed by atoms with van der Waals surface area (Å²) in [5.41, 5.74) is 4.95. The van der Waals surface area contributed by atoms with E-state index in [1.165, 1.54) is 43.2 Å². The summed E-state index contributed by atoms with van der Waals surface area (Å²) in [5, 5.41) is 31.8. The first-order valence-corrected chi connectivity index (χ1v) is 12.9. The van der Waals surface area contributed by atoms with E-state index in [0.29, 0.717) is 29.4 Å². The first-order valence-electron chi connectivity index (χ1n) is 12.5. The van der Waals surface area contributed by atoms with E-state index in [0.717, 1.165) is 11.1 Å². The molecule has 1 unspecified atom stereocenters. The highest BCUT2D eigenvalue weighted by Crippen LogP contribution is 2.61. The monoisotopic (exact) mass is 486 g/mol. The van der Waals surface area contributed by atoms with Crippen molar-refractivity contribution in [2.75, 3.05) is 13.2 Å². The molecule has 2 aromatic carbocycles. The molecule has 0 amide bonds. The third-order valence-corrected chi connectivity index (χ3v) is 8.50. The fraction of sp³-hybridized carbons (Fsp3) is 0.571. The van der Waals surface area contributed by atoms with E-state index in [-0.39, 0.29) is 6.61 Å². The highest BCUT2D eigenvalue weighted by atomic mass is 35.5. The number of halogens is 1.